The molecule has 2 amide bonds. The van der Waals surface area contributed by atoms with Gasteiger partial charge in [0.25, 0.3) is 0 Å². The van der Waals surface area contributed by atoms with Gasteiger partial charge in [0.1, 0.15) is 12.4 Å². The van der Waals surface area contributed by atoms with Gasteiger partial charge < -0.3 is 15.0 Å². The molecule has 0 spiro atoms. The summed E-state index contributed by atoms with van der Waals surface area (Å²) in [7, 11) is 0. The molecule has 0 aliphatic carbocycles. The minimum Gasteiger partial charge on any atom is -0.445 e. The Morgan fingerprint density at radius 3 is 2.37 bits per heavy atom. The van der Waals surface area contributed by atoms with E-state index in [-0.39, 0.29) is 24.8 Å². The molecular formula is C33H29FN4O3. The first-order valence-electron chi connectivity index (χ1n) is 13.5. The summed E-state index contributed by atoms with van der Waals surface area (Å²) in [5, 5.41) is 8.38. The van der Waals surface area contributed by atoms with E-state index in [9.17, 15) is 14.0 Å². The van der Waals surface area contributed by atoms with Crippen LogP contribution in [0.2, 0.25) is 0 Å². The second-order valence-corrected chi connectivity index (χ2v) is 10.4. The number of fused-ring (bicyclic) bond motifs is 1. The average molecular weight is 549 g/mol. The summed E-state index contributed by atoms with van der Waals surface area (Å²) >= 11 is 0. The van der Waals surface area contributed by atoms with Gasteiger partial charge in [0.15, 0.2) is 0 Å². The highest BCUT2D eigenvalue weighted by Crippen LogP contribution is 2.42. The van der Waals surface area contributed by atoms with Gasteiger partial charge in [-0.2, -0.15) is 5.10 Å². The van der Waals surface area contributed by atoms with Gasteiger partial charge in [0, 0.05) is 18.4 Å². The Morgan fingerprint density at radius 2 is 1.66 bits per heavy atom. The lowest BCUT2D eigenvalue weighted by Gasteiger charge is -2.40. The molecule has 8 heteroatoms. The fourth-order valence-electron chi connectivity index (χ4n) is 5.54. The van der Waals surface area contributed by atoms with Crippen LogP contribution in [0.3, 0.4) is 0 Å². The minimum atomic E-state index is -0.870. The lowest BCUT2D eigenvalue weighted by atomic mass is 9.84. The molecule has 1 aromatic heterocycles. The Balaban J connectivity index is 1.33. The zero-order valence-electron chi connectivity index (χ0n) is 22.5. The second-order valence-electron chi connectivity index (χ2n) is 10.4. The molecule has 4 aromatic carbocycles. The smallest absolute Gasteiger partial charge is 0.407 e. The van der Waals surface area contributed by atoms with Gasteiger partial charge in [-0.15, -0.1) is 0 Å². The highest BCUT2D eigenvalue weighted by atomic mass is 19.1. The maximum absolute atomic E-state index is 13.5. The van der Waals surface area contributed by atoms with Crippen LogP contribution in [0.4, 0.5) is 9.18 Å². The Labute approximate surface area is 237 Å². The van der Waals surface area contributed by atoms with E-state index in [0.717, 1.165) is 33.3 Å². The molecule has 1 aliphatic heterocycles. The molecule has 1 aliphatic rings. The molecule has 2 atom stereocenters. The first-order chi connectivity index (χ1) is 19.9. The number of carbonyl (C=O) groups excluding carboxylic acids is 2. The molecule has 0 radical (unpaired) electrons. The number of alkyl carbamates (subject to hydrolysis) is 1. The summed E-state index contributed by atoms with van der Waals surface area (Å²) in [6.45, 7) is 2.50. The van der Waals surface area contributed by atoms with E-state index in [1.54, 1.807) is 23.0 Å². The Hall–Kier alpha value is -4.98. The summed E-state index contributed by atoms with van der Waals surface area (Å²) in [6, 6.07) is 30.8. The van der Waals surface area contributed by atoms with Crippen molar-refractivity contribution in [2.75, 3.05) is 0 Å². The minimum absolute atomic E-state index is 0.0631. The van der Waals surface area contributed by atoms with Crippen LogP contribution < -0.4 is 5.32 Å². The highest BCUT2D eigenvalue weighted by Gasteiger charge is 2.51. The van der Waals surface area contributed by atoms with Crippen molar-refractivity contribution in [1.82, 2.24) is 20.0 Å². The van der Waals surface area contributed by atoms with Crippen LogP contribution >= 0.6 is 0 Å². The van der Waals surface area contributed by atoms with E-state index in [2.05, 4.69) is 10.4 Å². The molecule has 1 fully saturated rings. The zero-order chi connectivity index (χ0) is 28.4. The quantitative estimate of drug-likeness (QED) is 0.266. The number of nitrogens with one attached hydrogen (secondary N) is 1. The summed E-state index contributed by atoms with van der Waals surface area (Å²) in [5.74, 6) is -0.377. The SMILES string of the molecule is C[C@@]1(c2ccc3c(cnn3-c3ccc(F)cc3)c2)[C@@H](NC(=O)OCc2ccccc2)CC(=O)N1Cc1ccccc1. The van der Waals surface area contributed by atoms with Crippen molar-refractivity contribution >= 4 is 22.9 Å². The second kappa shape index (κ2) is 10.9. The number of nitrogens with zero attached hydrogens (tertiary/aromatic N) is 3. The normalized spacial score (nSPS) is 18.5. The van der Waals surface area contributed by atoms with Gasteiger partial charge in [0.2, 0.25) is 5.91 Å². The van der Waals surface area contributed by atoms with Crippen LogP contribution in [0.15, 0.2) is 109 Å². The maximum atomic E-state index is 13.5. The van der Waals surface area contributed by atoms with E-state index >= 15 is 0 Å². The fourth-order valence-corrected chi connectivity index (χ4v) is 5.54. The number of halogens is 1. The third kappa shape index (κ3) is 5.16. The molecule has 0 unspecified atom stereocenters. The monoisotopic (exact) mass is 548 g/mol. The molecule has 2 heterocycles. The number of benzene rings is 4. The van der Waals surface area contributed by atoms with Gasteiger partial charge in [-0.3, -0.25) is 4.79 Å². The molecule has 41 heavy (non-hydrogen) atoms. The van der Waals surface area contributed by atoms with Gasteiger partial charge in [0.05, 0.1) is 29.0 Å². The van der Waals surface area contributed by atoms with Gasteiger partial charge >= 0.3 is 6.09 Å². The van der Waals surface area contributed by atoms with Crippen LogP contribution in [0.1, 0.15) is 30.0 Å². The van der Waals surface area contributed by atoms with Crippen molar-refractivity contribution in [3.63, 3.8) is 0 Å². The number of carbonyl (C=O) groups is 2. The number of hydrogen-bond acceptors (Lipinski definition) is 4. The highest BCUT2D eigenvalue weighted by molar-refractivity contribution is 5.85. The maximum Gasteiger partial charge on any atom is 0.407 e. The summed E-state index contributed by atoms with van der Waals surface area (Å²) in [4.78, 5) is 28.3. The van der Waals surface area contributed by atoms with Crippen molar-refractivity contribution in [3.05, 3.63) is 132 Å². The molecular weight excluding hydrogens is 519 g/mol. The summed E-state index contributed by atoms with van der Waals surface area (Å²) in [6.07, 6.45) is 1.31. The molecule has 1 saturated heterocycles. The largest absolute Gasteiger partial charge is 0.445 e. The van der Waals surface area contributed by atoms with Crippen molar-refractivity contribution < 1.29 is 18.7 Å². The number of likely N-dealkylation sites (tertiary alicyclic amines) is 1. The van der Waals surface area contributed by atoms with Crippen molar-refractivity contribution in [3.8, 4) is 5.69 Å². The fraction of sp³-hybridized carbons (Fsp3) is 0.182. The van der Waals surface area contributed by atoms with E-state index in [0.29, 0.717) is 6.54 Å². The van der Waals surface area contributed by atoms with Crippen LogP contribution in [0.5, 0.6) is 0 Å². The van der Waals surface area contributed by atoms with Gasteiger partial charge in [-0.25, -0.2) is 13.9 Å². The molecule has 0 saturated carbocycles. The van der Waals surface area contributed by atoms with Gasteiger partial charge in [-0.1, -0.05) is 66.7 Å². The van der Waals surface area contributed by atoms with Crippen molar-refractivity contribution in [1.29, 1.82) is 0 Å². The van der Waals surface area contributed by atoms with E-state index in [4.69, 9.17) is 4.74 Å². The van der Waals surface area contributed by atoms with Crippen molar-refractivity contribution in [2.24, 2.45) is 0 Å². The zero-order valence-corrected chi connectivity index (χ0v) is 22.5. The van der Waals surface area contributed by atoms with E-state index in [1.807, 2.05) is 90.7 Å². The van der Waals surface area contributed by atoms with Crippen LogP contribution in [-0.4, -0.2) is 32.7 Å². The predicted octanol–water partition coefficient (Wildman–Crippen LogP) is 6.11. The predicted molar refractivity (Wildman–Crippen MR) is 154 cm³/mol. The molecule has 206 valence electrons. The average Bonchev–Trinajstić information content (AvgIpc) is 3.52. The van der Waals surface area contributed by atoms with Gasteiger partial charge in [-0.05, 0) is 60.0 Å². The topological polar surface area (TPSA) is 76.5 Å². The Kier molecular flexibility index (Phi) is 6.97. The number of aromatic nitrogens is 2. The van der Waals surface area contributed by atoms with Crippen LogP contribution in [0, 0.1) is 5.82 Å². The number of hydrogen-bond donors (Lipinski definition) is 1. The molecule has 0 bridgehead atoms. The first-order valence-corrected chi connectivity index (χ1v) is 13.5. The Bertz CT molecular complexity index is 1690. The molecule has 7 nitrogen and oxygen atoms in total. The third-order valence-electron chi connectivity index (χ3n) is 7.83. The number of ether oxygens (including phenoxy) is 1. The lowest BCUT2D eigenvalue weighted by Crippen LogP contribution is -2.52. The molecule has 5 aromatic rings. The number of rotatable bonds is 7. The van der Waals surface area contributed by atoms with Crippen LogP contribution in [-0.2, 0) is 28.2 Å². The molecule has 1 N–H and O–H groups in total. The van der Waals surface area contributed by atoms with Crippen LogP contribution in [0.25, 0.3) is 16.6 Å². The van der Waals surface area contributed by atoms with Crippen molar-refractivity contribution in [2.45, 2.75) is 38.1 Å². The standard InChI is InChI=1S/C33H29FN4O3/c1-33(26-12-17-29-25(18-26)20-35-38(29)28-15-13-27(34)14-16-28)30(36-32(40)41-22-24-10-6-3-7-11-24)19-31(39)37(33)21-23-8-4-2-5-9-23/h2-18,20,30H,19,21-22H2,1H3,(H,36,40)/t30-,33+/m0/s1. The van der Waals surface area contributed by atoms with E-state index in [1.165, 1.54) is 12.1 Å². The first kappa shape index (κ1) is 26.3. The number of amides is 2. The van der Waals surface area contributed by atoms with E-state index < -0.39 is 17.7 Å². The summed E-state index contributed by atoms with van der Waals surface area (Å²) in [5.41, 5.74) is 3.44. The third-order valence-corrected chi connectivity index (χ3v) is 7.83. The lowest BCUT2D eigenvalue weighted by molar-refractivity contribution is -0.131. The Morgan fingerprint density at radius 1 is 0.976 bits per heavy atom. The molecule has 6 rings (SSSR count). The summed E-state index contributed by atoms with van der Waals surface area (Å²) < 4.78 is 20.8.